The fourth-order valence-electron chi connectivity index (χ4n) is 7.61. The van der Waals surface area contributed by atoms with Crippen LogP contribution in [0.2, 0.25) is 0 Å². The molecule has 1 aliphatic rings. The summed E-state index contributed by atoms with van der Waals surface area (Å²) in [7, 11) is 0. The summed E-state index contributed by atoms with van der Waals surface area (Å²) < 4.78 is 8.67. The van der Waals surface area contributed by atoms with Crippen molar-refractivity contribution in [1.29, 1.82) is 0 Å². The smallest absolute Gasteiger partial charge is 0.135 e. The summed E-state index contributed by atoms with van der Waals surface area (Å²) in [5, 5.41) is 2.22. The molecular formula is C50H41N4OPt-3. The molecule has 0 unspecified atom stereocenters. The number of nitrogens with zero attached hydrogens (tertiary/aromatic N) is 4. The van der Waals surface area contributed by atoms with Gasteiger partial charge in [-0.1, -0.05) is 124 Å². The number of anilines is 2. The third kappa shape index (κ3) is 6.82. The van der Waals surface area contributed by atoms with Crippen molar-refractivity contribution in [3.05, 3.63) is 211 Å². The van der Waals surface area contributed by atoms with Gasteiger partial charge in [-0.2, -0.15) is 12.1 Å². The van der Waals surface area contributed by atoms with E-state index in [1.54, 1.807) is 0 Å². The Morgan fingerprint density at radius 2 is 1.18 bits per heavy atom. The number of hydrogen-bond acceptors (Lipinski definition) is 4. The Morgan fingerprint density at radius 3 is 1.91 bits per heavy atom. The van der Waals surface area contributed by atoms with E-state index in [1.807, 2.05) is 36.7 Å². The number of ether oxygens (including phenoxy) is 1. The zero-order valence-electron chi connectivity index (χ0n) is 31.8. The van der Waals surface area contributed by atoms with Gasteiger partial charge in [-0.15, -0.1) is 48.1 Å². The number of aromatic nitrogens is 2. The quantitative estimate of drug-likeness (QED) is 0.135. The second-order valence-corrected chi connectivity index (χ2v) is 15.1. The van der Waals surface area contributed by atoms with Crippen LogP contribution in [0.5, 0.6) is 11.5 Å². The Kier molecular flexibility index (Phi) is 9.90. The summed E-state index contributed by atoms with van der Waals surface area (Å²) in [6, 6.07) is 59.9. The molecule has 0 amide bonds. The Morgan fingerprint density at radius 1 is 0.554 bits per heavy atom. The van der Waals surface area contributed by atoms with E-state index >= 15 is 0 Å². The van der Waals surface area contributed by atoms with Crippen molar-refractivity contribution in [3.8, 4) is 17.3 Å². The molecule has 3 heterocycles. The molecule has 1 aliphatic heterocycles. The van der Waals surface area contributed by atoms with Gasteiger partial charge in [0.05, 0.1) is 0 Å². The van der Waals surface area contributed by atoms with Crippen molar-refractivity contribution >= 4 is 33.2 Å². The molecule has 9 rings (SSSR count). The molecule has 56 heavy (non-hydrogen) atoms. The van der Waals surface area contributed by atoms with E-state index in [0.29, 0.717) is 11.5 Å². The fourth-order valence-corrected chi connectivity index (χ4v) is 7.61. The zero-order chi connectivity index (χ0) is 37.6. The predicted molar refractivity (Wildman–Crippen MR) is 225 cm³/mol. The molecule has 0 fully saturated rings. The van der Waals surface area contributed by atoms with E-state index in [4.69, 9.17) is 9.72 Å². The molecule has 0 bridgehead atoms. The molecule has 0 saturated carbocycles. The zero-order valence-corrected chi connectivity index (χ0v) is 34.0. The van der Waals surface area contributed by atoms with E-state index in [-0.39, 0.29) is 31.9 Å². The minimum absolute atomic E-state index is 0. The first-order valence-corrected chi connectivity index (χ1v) is 18.7. The number of para-hydroxylation sites is 1. The molecule has 0 spiro atoms. The van der Waals surface area contributed by atoms with Crippen LogP contribution in [0.3, 0.4) is 0 Å². The Balaban J connectivity index is 0.00000441. The number of rotatable bonds is 9. The molecule has 6 aromatic carbocycles. The van der Waals surface area contributed by atoms with Crippen molar-refractivity contribution in [1.82, 2.24) is 9.55 Å². The monoisotopic (exact) mass is 908 g/mol. The average Bonchev–Trinajstić information content (AvgIpc) is 3.85. The molecule has 0 N–H and O–H groups in total. The summed E-state index contributed by atoms with van der Waals surface area (Å²) >= 11 is 0. The minimum atomic E-state index is -0.208. The normalized spacial score (nSPS) is 13.0. The molecule has 0 atom stereocenters. The number of fused-ring (bicyclic) bond motifs is 3. The van der Waals surface area contributed by atoms with Crippen LogP contribution in [-0.4, -0.2) is 9.55 Å². The van der Waals surface area contributed by atoms with Crippen LogP contribution in [0.1, 0.15) is 49.9 Å². The van der Waals surface area contributed by atoms with Crippen LogP contribution >= 0.6 is 0 Å². The maximum atomic E-state index is 6.48. The van der Waals surface area contributed by atoms with Gasteiger partial charge >= 0.3 is 0 Å². The fraction of sp³-hybridized carbons (Fsp3) is 0.120. The van der Waals surface area contributed by atoms with Crippen molar-refractivity contribution in [2.24, 2.45) is 0 Å². The van der Waals surface area contributed by atoms with Gasteiger partial charge in [-0.05, 0) is 70.4 Å². The molecule has 280 valence electrons. The third-order valence-electron chi connectivity index (χ3n) is 11.0. The van der Waals surface area contributed by atoms with E-state index in [1.165, 1.54) is 22.3 Å². The van der Waals surface area contributed by atoms with Gasteiger partial charge in [0.15, 0.2) is 0 Å². The van der Waals surface area contributed by atoms with E-state index in [0.717, 1.165) is 39.0 Å². The molecule has 0 aliphatic carbocycles. The molecule has 8 aromatic rings. The Labute approximate surface area is 343 Å². The van der Waals surface area contributed by atoms with E-state index in [9.17, 15) is 0 Å². The van der Waals surface area contributed by atoms with Gasteiger partial charge in [0.2, 0.25) is 0 Å². The molecule has 0 radical (unpaired) electrons. The molecule has 0 saturated heterocycles. The van der Waals surface area contributed by atoms with Crippen molar-refractivity contribution in [2.45, 2.75) is 38.5 Å². The number of hydrogen-bond donors (Lipinski definition) is 0. The molecule has 5 nitrogen and oxygen atoms in total. The summed E-state index contributed by atoms with van der Waals surface area (Å²) in [6.07, 6.45) is 6.00. The van der Waals surface area contributed by atoms with Crippen LogP contribution in [0, 0.1) is 18.8 Å². The molecular weight excluding hydrogens is 868 g/mol. The van der Waals surface area contributed by atoms with Crippen LogP contribution < -0.4 is 14.5 Å². The summed E-state index contributed by atoms with van der Waals surface area (Å²) in [6.45, 7) is 11.1. The Hall–Kier alpha value is -5.90. The van der Waals surface area contributed by atoms with Crippen molar-refractivity contribution in [3.63, 3.8) is 0 Å². The van der Waals surface area contributed by atoms with E-state index in [2.05, 4.69) is 194 Å². The first kappa shape index (κ1) is 37.0. The van der Waals surface area contributed by atoms with E-state index < -0.39 is 0 Å². The van der Waals surface area contributed by atoms with Gasteiger partial charge in [0.25, 0.3) is 0 Å². The van der Waals surface area contributed by atoms with Crippen LogP contribution in [0.15, 0.2) is 170 Å². The molecule has 2 aromatic heterocycles. The van der Waals surface area contributed by atoms with Crippen LogP contribution in [-0.2, 0) is 31.9 Å². The van der Waals surface area contributed by atoms with Gasteiger partial charge in [0.1, 0.15) is 5.82 Å². The average molecular weight is 909 g/mol. The SMILES string of the molecule is CC(C)(c1ccccc1)c1ccc(N2C=CN(c3[c-]c(Oc4[c-]c5c(cc4)c4ccccc4n5-c4cc(C(C)(C)c5ccccc5)ccn4)ccc3)[CH-]2)cc1.[Pt]. The maximum Gasteiger partial charge on any atom is 0.135 e. The first-order valence-electron chi connectivity index (χ1n) is 18.7. The maximum absolute atomic E-state index is 6.48. The van der Waals surface area contributed by atoms with Gasteiger partial charge < -0.3 is 19.1 Å². The Bertz CT molecular complexity index is 2670. The number of pyridine rings is 1. The largest absolute Gasteiger partial charge is 0.509 e. The van der Waals surface area contributed by atoms with Gasteiger partial charge in [-0.3, -0.25) is 0 Å². The summed E-state index contributed by atoms with van der Waals surface area (Å²) in [5.74, 6) is 2.05. The van der Waals surface area contributed by atoms with Gasteiger partial charge in [0, 0.05) is 60.8 Å². The standard InChI is InChI=1S/C50H41N4O.Pt/c1-49(2,36-14-7-5-8-15-36)38-22-24-40(25-23-38)52-30-31-53(35-52)41-18-13-19-42(33-41)55-43-26-27-45-44-20-11-12-21-46(44)54(47(45)34-43)48-32-39(28-29-51-48)50(3,4)37-16-9-6-10-17-37;/h5-32,35H,1-4H3;/q-3;. The van der Waals surface area contributed by atoms with Crippen molar-refractivity contribution in [2.75, 3.05) is 9.80 Å². The molecule has 6 heteroatoms. The topological polar surface area (TPSA) is 33.5 Å². The third-order valence-corrected chi connectivity index (χ3v) is 11.0. The second kappa shape index (κ2) is 15.0. The minimum Gasteiger partial charge on any atom is -0.509 e. The number of benzene rings is 6. The van der Waals surface area contributed by atoms with Crippen LogP contribution in [0.25, 0.3) is 27.6 Å². The second-order valence-electron chi connectivity index (χ2n) is 15.1. The van der Waals surface area contributed by atoms with Crippen LogP contribution in [0.4, 0.5) is 11.4 Å². The summed E-state index contributed by atoms with van der Waals surface area (Å²) in [4.78, 5) is 9.06. The summed E-state index contributed by atoms with van der Waals surface area (Å²) in [5.41, 5.74) is 8.63. The first-order chi connectivity index (χ1) is 26.8. The van der Waals surface area contributed by atoms with Gasteiger partial charge in [-0.25, -0.2) is 4.98 Å². The van der Waals surface area contributed by atoms with Crippen molar-refractivity contribution < 1.29 is 25.8 Å². The predicted octanol–water partition coefficient (Wildman–Crippen LogP) is 12.1.